The molecule has 2 N–H and O–H groups in total. The third-order valence-corrected chi connectivity index (χ3v) is 6.23. The van der Waals surface area contributed by atoms with Gasteiger partial charge in [-0.3, -0.25) is 4.57 Å². The lowest BCUT2D eigenvalue weighted by Gasteiger charge is -2.22. The lowest BCUT2D eigenvalue weighted by molar-refractivity contribution is 0.299. The number of nitrogens with one attached hydrogen (secondary N) is 1. The van der Waals surface area contributed by atoms with Crippen molar-refractivity contribution in [2.45, 2.75) is 26.7 Å². The van der Waals surface area contributed by atoms with E-state index in [0.29, 0.717) is 18.8 Å². The first kappa shape index (κ1) is 21.8. The summed E-state index contributed by atoms with van der Waals surface area (Å²) < 4.78 is 1.95. The second kappa shape index (κ2) is 8.72. The average molecular weight is 455 g/mol. The van der Waals surface area contributed by atoms with E-state index in [2.05, 4.69) is 31.5 Å². The number of anilines is 3. The number of nitriles is 1. The Kier molecular flexibility index (Phi) is 5.59. The number of aryl methyl sites for hydroxylation is 1. The summed E-state index contributed by atoms with van der Waals surface area (Å²) in [5.74, 6) is 2.22. The molecular weight excluding hydrogens is 428 g/mol. The van der Waals surface area contributed by atoms with E-state index in [4.69, 9.17) is 4.98 Å². The van der Waals surface area contributed by atoms with Crippen LogP contribution in [-0.4, -0.2) is 49.5 Å². The first-order valence-corrected chi connectivity index (χ1v) is 11.3. The monoisotopic (exact) mass is 454 g/mol. The van der Waals surface area contributed by atoms with Gasteiger partial charge in [-0.2, -0.15) is 10.4 Å². The van der Waals surface area contributed by atoms with Gasteiger partial charge in [0.05, 0.1) is 28.2 Å². The van der Waals surface area contributed by atoms with Crippen molar-refractivity contribution in [2.24, 2.45) is 5.41 Å². The number of imidazole rings is 1. The highest BCUT2D eigenvalue weighted by atomic mass is 16.3. The van der Waals surface area contributed by atoms with Gasteiger partial charge in [-0.25, -0.2) is 9.97 Å². The summed E-state index contributed by atoms with van der Waals surface area (Å²) >= 11 is 0. The molecule has 9 heteroatoms. The maximum absolute atomic E-state index is 9.57. The van der Waals surface area contributed by atoms with Crippen molar-refractivity contribution in [3.05, 3.63) is 60.0 Å². The SMILES string of the molecule is Cc1ccc(Nc2ccc3ncn(-c4ccc(CCO)c(N5CCC(C)(C#N)C5)n4)c3c2)nn1. The molecule has 1 aromatic carbocycles. The van der Waals surface area contributed by atoms with Crippen molar-refractivity contribution in [2.75, 3.05) is 29.9 Å². The number of hydrogen-bond acceptors (Lipinski definition) is 8. The van der Waals surface area contributed by atoms with Crippen molar-refractivity contribution in [1.29, 1.82) is 5.26 Å². The van der Waals surface area contributed by atoms with E-state index in [1.807, 2.05) is 60.9 Å². The normalized spacial score (nSPS) is 17.8. The van der Waals surface area contributed by atoms with Gasteiger partial charge in [0.1, 0.15) is 18.0 Å². The van der Waals surface area contributed by atoms with Crippen molar-refractivity contribution >= 4 is 28.4 Å². The molecule has 3 aromatic heterocycles. The van der Waals surface area contributed by atoms with Crippen molar-refractivity contribution in [3.63, 3.8) is 0 Å². The van der Waals surface area contributed by atoms with Gasteiger partial charge in [0, 0.05) is 25.4 Å². The van der Waals surface area contributed by atoms with Gasteiger partial charge < -0.3 is 15.3 Å². The minimum absolute atomic E-state index is 0.0440. The number of rotatable bonds is 6. The molecule has 0 aliphatic carbocycles. The summed E-state index contributed by atoms with van der Waals surface area (Å²) in [6.07, 6.45) is 3.07. The summed E-state index contributed by atoms with van der Waals surface area (Å²) in [6, 6.07) is 16.1. The van der Waals surface area contributed by atoms with E-state index in [1.54, 1.807) is 6.33 Å². The zero-order valence-corrected chi connectivity index (χ0v) is 19.2. The summed E-state index contributed by atoms with van der Waals surface area (Å²) in [4.78, 5) is 11.7. The van der Waals surface area contributed by atoms with Gasteiger partial charge in [0.2, 0.25) is 0 Å². The number of aliphatic hydroxyl groups excluding tert-OH is 1. The number of pyridine rings is 1. The van der Waals surface area contributed by atoms with Gasteiger partial charge in [0.15, 0.2) is 5.82 Å². The van der Waals surface area contributed by atoms with Crippen LogP contribution in [0.2, 0.25) is 0 Å². The molecule has 0 amide bonds. The third kappa shape index (κ3) is 4.16. The van der Waals surface area contributed by atoms with E-state index in [9.17, 15) is 10.4 Å². The van der Waals surface area contributed by atoms with E-state index in [1.165, 1.54) is 0 Å². The molecule has 5 rings (SSSR count). The van der Waals surface area contributed by atoms with Crippen LogP contribution in [-0.2, 0) is 6.42 Å². The van der Waals surface area contributed by atoms with Crippen LogP contribution in [0, 0.1) is 23.7 Å². The standard InChI is InChI=1S/C25H26N8O/c1-17-3-7-22(31-30-17)28-19-5-6-20-21(13-19)33(16-27-20)23-8-4-18(9-12-34)24(29-23)32-11-10-25(2,14-26)15-32/h3-8,13,16,34H,9-12,15H2,1-2H3,(H,28,31). The average Bonchev–Trinajstić information content (AvgIpc) is 3.45. The van der Waals surface area contributed by atoms with Crippen LogP contribution in [0.15, 0.2) is 48.8 Å². The van der Waals surface area contributed by atoms with E-state index in [0.717, 1.165) is 52.6 Å². The molecule has 1 unspecified atom stereocenters. The Hall–Kier alpha value is -4.03. The molecule has 172 valence electrons. The molecule has 1 aliphatic heterocycles. The van der Waals surface area contributed by atoms with Crippen LogP contribution in [0.5, 0.6) is 0 Å². The molecule has 1 fully saturated rings. The Morgan fingerprint density at radius 3 is 2.79 bits per heavy atom. The smallest absolute Gasteiger partial charge is 0.153 e. The molecule has 0 spiro atoms. The van der Waals surface area contributed by atoms with Crippen LogP contribution in [0.3, 0.4) is 0 Å². The number of aliphatic hydroxyl groups is 1. The van der Waals surface area contributed by atoms with E-state index >= 15 is 0 Å². The first-order valence-electron chi connectivity index (χ1n) is 11.3. The molecule has 1 aliphatic rings. The minimum atomic E-state index is -0.394. The van der Waals surface area contributed by atoms with Crippen molar-refractivity contribution < 1.29 is 5.11 Å². The zero-order valence-electron chi connectivity index (χ0n) is 19.2. The lowest BCUT2D eigenvalue weighted by Crippen LogP contribution is -2.26. The van der Waals surface area contributed by atoms with E-state index < -0.39 is 5.41 Å². The summed E-state index contributed by atoms with van der Waals surface area (Å²) in [6.45, 7) is 5.31. The lowest BCUT2D eigenvalue weighted by atomic mass is 9.92. The Labute approximate surface area is 197 Å². The predicted octanol–water partition coefficient (Wildman–Crippen LogP) is 3.54. The van der Waals surface area contributed by atoms with E-state index in [-0.39, 0.29) is 6.61 Å². The highest BCUT2D eigenvalue weighted by Crippen LogP contribution is 2.34. The van der Waals surface area contributed by atoms with Gasteiger partial charge >= 0.3 is 0 Å². The predicted molar refractivity (Wildman–Crippen MR) is 130 cm³/mol. The largest absolute Gasteiger partial charge is 0.396 e. The number of fused-ring (bicyclic) bond motifs is 1. The van der Waals surface area contributed by atoms with Crippen LogP contribution < -0.4 is 10.2 Å². The van der Waals surface area contributed by atoms with Crippen LogP contribution in [0.25, 0.3) is 16.9 Å². The minimum Gasteiger partial charge on any atom is -0.396 e. The first-order chi connectivity index (χ1) is 16.5. The summed E-state index contributed by atoms with van der Waals surface area (Å²) in [5, 5.41) is 30.7. The van der Waals surface area contributed by atoms with Gasteiger partial charge in [0.25, 0.3) is 0 Å². The molecule has 0 saturated carbocycles. The molecule has 0 radical (unpaired) electrons. The quantitative estimate of drug-likeness (QED) is 0.455. The second-order valence-corrected chi connectivity index (χ2v) is 8.97. The number of hydrogen-bond donors (Lipinski definition) is 2. The molecule has 1 atom stereocenters. The van der Waals surface area contributed by atoms with Crippen molar-refractivity contribution in [1.82, 2.24) is 24.7 Å². The fourth-order valence-electron chi connectivity index (χ4n) is 4.31. The molecule has 34 heavy (non-hydrogen) atoms. The van der Waals surface area contributed by atoms with Gasteiger partial charge in [-0.15, -0.1) is 5.10 Å². The van der Waals surface area contributed by atoms with Crippen LogP contribution in [0.4, 0.5) is 17.3 Å². The second-order valence-electron chi connectivity index (χ2n) is 8.97. The third-order valence-electron chi connectivity index (χ3n) is 6.23. The number of aromatic nitrogens is 5. The van der Waals surface area contributed by atoms with Gasteiger partial charge in [-0.1, -0.05) is 6.07 Å². The maximum Gasteiger partial charge on any atom is 0.153 e. The van der Waals surface area contributed by atoms with Crippen LogP contribution in [0.1, 0.15) is 24.6 Å². The molecule has 9 nitrogen and oxygen atoms in total. The summed E-state index contributed by atoms with van der Waals surface area (Å²) in [5.41, 5.74) is 4.06. The Morgan fingerprint density at radius 2 is 2.06 bits per heavy atom. The Bertz CT molecular complexity index is 1370. The summed E-state index contributed by atoms with van der Waals surface area (Å²) in [7, 11) is 0. The zero-order chi connectivity index (χ0) is 23.7. The number of nitrogens with zero attached hydrogens (tertiary/aromatic N) is 7. The van der Waals surface area contributed by atoms with Crippen LogP contribution >= 0.6 is 0 Å². The molecule has 1 saturated heterocycles. The molecule has 4 heterocycles. The Morgan fingerprint density at radius 1 is 1.18 bits per heavy atom. The highest BCUT2D eigenvalue weighted by Gasteiger charge is 2.35. The number of benzene rings is 1. The molecule has 4 aromatic rings. The fourth-order valence-corrected chi connectivity index (χ4v) is 4.31. The fraction of sp³-hybridized carbons (Fsp3) is 0.320. The maximum atomic E-state index is 9.57. The topological polar surface area (TPSA) is 116 Å². The highest BCUT2D eigenvalue weighted by molar-refractivity contribution is 5.82. The molecular formula is C25H26N8O. The van der Waals surface area contributed by atoms with Crippen molar-refractivity contribution in [3.8, 4) is 11.9 Å². The molecule has 0 bridgehead atoms. The van der Waals surface area contributed by atoms with Gasteiger partial charge in [-0.05, 0) is 68.7 Å². The Balaban J connectivity index is 1.51.